The number of fused-ring (bicyclic) bond motifs is 1. The number of carbonyl (C=O) groups excluding carboxylic acids is 2. The lowest BCUT2D eigenvalue weighted by Crippen LogP contribution is -2.35. The van der Waals surface area contributed by atoms with Gasteiger partial charge >= 0.3 is 6.18 Å². The van der Waals surface area contributed by atoms with Crippen molar-refractivity contribution in [3.8, 4) is 11.1 Å². The van der Waals surface area contributed by atoms with Crippen LogP contribution in [0, 0.1) is 0 Å². The van der Waals surface area contributed by atoms with Gasteiger partial charge in [0.1, 0.15) is 11.8 Å². The monoisotopic (exact) mass is 537 g/mol. The molecule has 7 nitrogen and oxygen atoms in total. The number of benzene rings is 2. The van der Waals surface area contributed by atoms with E-state index in [9.17, 15) is 22.8 Å². The average Bonchev–Trinajstić information content (AvgIpc) is 3.44. The summed E-state index contributed by atoms with van der Waals surface area (Å²) in [4.78, 5) is 28.6. The lowest BCUT2D eigenvalue weighted by molar-refractivity contribution is -0.137. The van der Waals surface area contributed by atoms with E-state index in [1.54, 1.807) is 24.7 Å². The summed E-state index contributed by atoms with van der Waals surface area (Å²) in [5.41, 5.74) is 8.95. The molecule has 10 heteroatoms. The second-order valence-electron chi connectivity index (χ2n) is 9.42. The summed E-state index contributed by atoms with van der Waals surface area (Å²) in [6.45, 7) is 4.28. The van der Waals surface area contributed by atoms with Crippen LogP contribution in [0.25, 0.3) is 27.7 Å². The number of nitrogens with one attached hydrogen (secondary N) is 2. The molecule has 1 fully saturated rings. The van der Waals surface area contributed by atoms with Crippen LogP contribution in [0.3, 0.4) is 0 Å². The van der Waals surface area contributed by atoms with Crippen molar-refractivity contribution in [1.29, 1.82) is 0 Å². The minimum absolute atomic E-state index is 0.0386. The van der Waals surface area contributed by atoms with E-state index in [0.29, 0.717) is 41.7 Å². The molecule has 1 saturated heterocycles. The van der Waals surface area contributed by atoms with E-state index < -0.39 is 17.6 Å². The zero-order valence-corrected chi connectivity index (χ0v) is 21.9. The van der Waals surface area contributed by atoms with Crippen molar-refractivity contribution in [1.82, 2.24) is 15.2 Å². The van der Waals surface area contributed by atoms with E-state index in [4.69, 9.17) is 5.73 Å². The smallest absolute Gasteiger partial charge is 0.377 e. The number of rotatable bonds is 8. The number of aromatic nitrogens is 1. The van der Waals surface area contributed by atoms with Crippen LogP contribution >= 0.6 is 0 Å². The first kappa shape index (κ1) is 27.7. The standard InChI is InChI=1S/C29H30F3N5O2/c1-4-5-23(36-25(27(33)38)14-17(2)35-24-12-13-34-28(24)39)19-8-6-18(7-9-19)22-16-37(3)26-15-20(29(30,31)32)10-11-21(22)26/h5-11,14-16,24,35H,4,12-13H2,1-3H3,(H2,33,38)(H,34,39)/b17-14+,23-5+,36-25+/t24-/m0/s1. The highest BCUT2D eigenvalue weighted by Gasteiger charge is 2.31. The van der Waals surface area contributed by atoms with E-state index in [0.717, 1.165) is 28.8 Å². The van der Waals surface area contributed by atoms with Crippen LogP contribution < -0.4 is 16.4 Å². The van der Waals surface area contributed by atoms with Gasteiger partial charge in [-0.25, -0.2) is 4.99 Å². The molecule has 0 unspecified atom stereocenters. The van der Waals surface area contributed by atoms with Crippen LogP contribution in [-0.2, 0) is 22.8 Å². The molecule has 0 saturated carbocycles. The lowest BCUT2D eigenvalue weighted by Gasteiger charge is -2.12. The van der Waals surface area contributed by atoms with Crippen molar-refractivity contribution >= 4 is 34.1 Å². The minimum Gasteiger partial charge on any atom is -0.377 e. The predicted octanol–water partition coefficient (Wildman–Crippen LogP) is 4.92. The van der Waals surface area contributed by atoms with Gasteiger partial charge < -0.3 is 20.9 Å². The van der Waals surface area contributed by atoms with Crippen LogP contribution in [0.5, 0.6) is 0 Å². The average molecular weight is 538 g/mol. The zero-order chi connectivity index (χ0) is 28.3. The summed E-state index contributed by atoms with van der Waals surface area (Å²) < 4.78 is 41.3. The van der Waals surface area contributed by atoms with Gasteiger partial charge in [-0.2, -0.15) is 13.2 Å². The topological polar surface area (TPSA) is 102 Å². The molecule has 39 heavy (non-hydrogen) atoms. The molecular weight excluding hydrogens is 507 g/mol. The molecule has 1 aromatic heterocycles. The van der Waals surface area contributed by atoms with Crippen molar-refractivity contribution < 1.29 is 22.8 Å². The quantitative estimate of drug-likeness (QED) is 0.356. The number of allylic oxidation sites excluding steroid dienone is 2. The number of nitrogens with zero attached hydrogens (tertiary/aromatic N) is 2. The maximum atomic E-state index is 13.2. The van der Waals surface area contributed by atoms with Crippen molar-refractivity contribution in [3.05, 3.63) is 77.6 Å². The molecular formula is C29H30F3N5O2. The number of carbonyl (C=O) groups is 2. The SMILES string of the molecule is CC/C=C(/N=C(\C=C(/C)N[C@H]1CCNC1=O)C(N)=O)c1ccc(-c2cn(C)c3cc(C(F)(F)F)ccc23)cc1. The summed E-state index contributed by atoms with van der Waals surface area (Å²) in [7, 11) is 1.71. The molecule has 4 N–H and O–H groups in total. The Morgan fingerprint density at radius 1 is 1.23 bits per heavy atom. The zero-order valence-electron chi connectivity index (χ0n) is 21.9. The van der Waals surface area contributed by atoms with Gasteiger partial charge in [0, 0.05) is 42.0 Å². The van der Waals surface area contributed by atoms with E-state index in [1.165, 1.54) is 12.1 Å². The Morgan fingerprint density at radius 2 is 1.95 bits per heavy atom. The van der Waals surface area contributed by atoms with Gasteiger partial charge in [0.25, 0.3) is 5.91 Å². The number of halogens is 3. The summed E-state index contributed by atoms with van der Waals surface area (Å²) >= 11 is 0. The third kappa shape index (κ3) is 6.22. The second kappa shape index (κ2) is 11.2. The molecule has 3 aromatic rings. The normalized spacial score (nSPS) is 17.0. The molecule has 0 bridgehead atoms. The fourth-order valence-electron chi connectivity index (χ4n) is 4.57. The van der Waals surface area contributed by atoms with Crippen molar-refractivity contribution in [2.24, 2.45) is 17.8 Å². The van der Waals surface area contributed by atoms with Crippen molar-refractivity contribution in [3.63, 3.8) is 0 Å². The largest absolute Gasteiger partial charge is 0.416 e. The van der Waals surface area contributed by atoms with Crippen molar-refractivity contribution in [2.75, 3.05) is 6.54 Å². The highest BCUT2D eigenvalue weighted by molar-refractivity contribution is 6.43. The third-order valence-electron chi connectivity index (χ3n) is 6.50. The maximum Gasteiger partial charge on any atom is 0.416 e. The number of aryl methyl sites for hydroxylation is 1. The fraction of sp³-hybridized carbons (Fsp3) is 0.276. The summed E-state index contributed by atoms with van der Waals surface area (Å²) in [6, 6.07) is 10.8. The molecule has 204 valence electrons. The molecule has 4 rings (SSSR count). The fourth-order valence-corrected chi connectivity index (χ4v) is 4.57. The summed E-state index contributed by atoms with van der Waals surface area (Å²) in [5, 5.41) is 6.55. The van der Waals surface area contributed by atoms with Gasteiger partial charge in [-0.1, -0.05) is 43.3 Å². The Morgan fingerprint density at radius 3 is 2.54 bits per heavy atom. The highest BCUT2D eigenvalue weighted by atomic mass is 19.4. The Balaban J connectivity index is 1.64. The second-order valence-corrected chi connectivity index (χ2v) is 9.42. The number of hydrogen-bond acceptors (Lipinski definition) is 4. The van der Waals surface area contributed by atoms with E-state index in [2.05, 4.69) is 15.6 Å². The number of alkyl halides is 3. The van der Waals surface area contributed by atoms with E-state index >= 15 is 0 Å². The van der Waals surface area contributed by atoms with E-state index in [-0.39, 0.29) is 17.7 Å². The minimum atomic E-state index is -4.42. The molecule has 1 atom stereocenters. The number of aliphatic imine (C=N–C) groups is 1. The van der Waals surface area contributed by atoms with Gasteiger partial charge in [-0.05, 0) is 49.1 Å². The first-order valence-electron chi connectivity index (χ1n) is 12.6. The van der Waals surface area contributed by atoms with Crippen LogP contribution in [0.4, 0.5) is 13.2 Å². The molecule has 0 aliphatic carbocycles. The molecule has 0 spiro atoms. The maximum absolute atomic E-state index is 13.2. The predicted molar refractivity (Wildman–Crippen MR) is 147 cm³/mol. The van der Waals surface area contributed by atoms with E-state index in [1.807, 2.05) is 37.3 Å². The van der Waals surface area contributed by atoms with Crippen LogP contribution in [0.2, 0.25) is 0 Å². The lowest BCUT2D eigenvalue weighted by atomic mass is 10.0. The van der Waals surface area contributed by atoms with Crippen molar-refractivity contribution in [2.45, 2.75) is 38.9 Å². The van der Waals surface area contributed by atoms with Crippen LogP contribution in [0.1, 0.15) is 37.8 Å². The van der Waals surface area contributed by atoms with Gasteiger partial charge in [0.2, 0.25) is 5.91 Å². The molecule has 2 aromatic carbocycles. The molecule has 2 amide bonds. The number of primary amides is 1. The Hall–Kier alpha value is -4.34. The van der Waals surface area contributed by atoms with Gasteiger partial charge in [-0.15, -0.1) is 0 Å². The first-order chi connectivity index (χ1) is 18.5. The molecule has 2 heterocycles. The molecule has 1 aliphatic heterocycles. The van der Waals surface area contributed by atoms with Crippen LogP contribution in [-0.4, -0.2) is 34.7 Å². The summed E-state index contributed by atoms with van der Waals surface area (Å²) in [5.74, 6) is -0.807. The Labute approximate surface area is 224 Å². The molecule has 1 aliphatic rings. The number of amides is 2. The number of nitrogens with two attached hydrogens (primary N) is 1. The van der Waals surface area contributed by atoms with Gasteiger partial charge in [-0.3, -0.25) is 9.59 Å². The number of hydrogen-bond donors (Lipinski definition) is 3. The van der Waals surface area contributed by atoms with Crippen LogP contribution in [0.15, 0.2) is 71.5 Å². The molecule has 0 radical (unpaired) electrons. The van der Waals surface area contributed by atoms with Gasteiger partial charge in [0.05, 0.1) is 11.3 Å². The Kier molecular flexibility index (Phi) is 7.94. The summed E-state index contributed by atoms with van der Waals surface area (Å²) in [6.07, 6.45) is 2.08. The Bertz CT molecular complexity index is 1500. The highest BCUT2D eigenvalue weighted by Crippen LogP contribution is 2.36. The first-order valence-corrected chi connectivity index (χ1v) is 12.6. The third-order valence-corrected chi connectivity index (χ3v) is 6.50. The van der Waals surface area contributed by atoms with Gasteiger partial charge in [0.15, 0.2) is 0 Å².